The van der Waals surface area contributed by atoms with Crippen LogP contribution in [0.3, 0.4) is 0 Å². The predicted octanol–water partition coefficient (Wildman–Crippen LogP) is 3.16. The van der Waals surface area contributed by atoms with E-state index in [0.717, 1.165) is 55.6 Å². The number of hydrogen-bond acceptors (Lipinski definition) is 4. The van der Waals surface area contributed by atoms with Crippen LogP contribution in [-0.4, -0.2) is 44.8 Å². The molecule has 0 atom stereocenters. The standard InChI is InChI=1S/C25H32FN7/c1-19-30-31-24(32(19)2)17-28-25(27-16-20-6-4-3-5-7-20)29-23-12-14-33(15-13-23)18-21-8-10-22(26)11-9-21/h3-11,23H,12-18H2,1-2H3,(H2,27,28,29). The number of guanidine groups is 1. The zero-order chi connectivity index (χ0) is 23.0. The first-order chi connectivity index (χ1) is 16.1. The summed E-state index contributed by atoms with van der Waals surface area (Å²) in [4.78, 5) is 7.24. The van der Waals surface area contributed by atoms with Crippen LogP contribution in [-0.2, 0) is 26.7 Å². The van der Waals surface area contributed by atoms with Crippen molar-refractivity contribution in [1.29, 1.82) is 0 Å². The molecule has 1 fully saturated rings. The molecular formula is C25H32FN7. The van der Waals surface area contributed by atoms with Crippen LogP contribution in [0.5, 0.6) is 0 Å². The number of halogens is 1. The molecule has 3 aromatic rings. The van der Waals surface area contributed by atoms with Gasteiger partial charge in [-0.3, -0.25) is 4.90 Å². The Hall–Kier alpha value is -3.26. The van der Waals surface area contributed by atoms with Gasteiger partial charge in [0.2, 0.25) is 0 Å². The van der Waals surface area contributed by atoms with Gasteiger partial charge in [-0.1, -0.05) is 42.5 Å². The minimum absolute atomic E-state index is 0.187. The van der Waals surface area contributed by atoms with Gasteiger partial charge in [0.15, 0.2) is 11.8 Å². The Bertz CT molecular complexity index is 1040. The van der Waals surface area contributed by atoms with Crippen LogP contribution in [0.1, 0.15) is 35.6 Å². The van der Waals surface area contributed by atoms with Crippen LogP contribution in [0.15, 0.2) is 59.6 Å². The number of nitrogens with one attached hydrogen (secondary N) is 2. The summed E-state index contributed by atoms with van der Waals surface area (Å²) < 4.78 is 15.1. The molecule has 0 amide bonds. The van der Waals surface area contributed by atoms with Crippen LogP contribution in [0.4, 0.5) is 4.39 Å². The monoisotopic (exact) mass is 449 g/mol. The smallest absolute Gasteiger partial charge is 0.192 e. The molecule has 2 aromatic carbocycles. The van der Waals surface area contributed by atoms with E-state index in [0.29, 0.717) is 19.1 Å². The highest BCUT2D eigenvalue weighted by atomic mass is 19.1. The van der Waals surface area contributed by atoms with Crippen LogP contribution in [0.25, 0.3) is 0 Å². The molecule has 7 nitrogen and oxygen atoms in total. The van der Waals surface area contributed by atoms with Crippen LogP contribution < -0.4 is 10.6 Å². The normalized spacial score (nSPS) is 15.5. The van der Waals surface area contributed by atoms with Gasteiger partial charge >= 0.3 is 0 Å². The molecule has 4 rings (SSSR count). The molecule has 33 heavy (non-hydrogen) atoms. The fraction of sp³-hybridized carbons (Fsp3) is 0.400. The Morgan fingerprint density at radius 3 is 2.42 bits per heavy atom. The van der Waals surface area contributed by atoms with E-state index in [4.69, 9.17) is 4.99 Å². The van der Waals surface area contributed by atoms with Gasteiger partial charge in [0.25, 0.3) is 0 Å². The first-order valence-electron chi connectivity index (χ1n) is 11.5. The zero-order valence-electron chi connectivity index (χ0n) is 19.3. The molecule has 1 aliphatic rings. The zero-order valence-corrected chi connectivity index (χ0v) is 19.3. The number of benzene rings is 2. The molecule has 0 bridgehead atoms. The van der Waals surface area contributed by atoms with Crippen molar-refractivity contribution in [3.63, 3.8) is 0 Å². The first kappa shape index (κ1) is 22.9. The van der Waals surface area contributed by atoms with E-state index in [2.05, 4.69) is 37.9 Å². The van der Waals surface area contributed by atoms with Crippen LogP contribution in [0, 0.1) is 12.7 Å². The lowest BCUT2D eigenvalue weighted by atomic mass is 10.0. The highest BCUT2D eigenvalue weighted by Gasteiger charge is 2.20. The number of aliphatic imine (C=N–C) groups is 1. The van der Waals surface area contributed by atoms with E-state index in [1.165, 1.54) is 17.7 Å². The number of hydrogen-bond donors (Lipinski definition) is 2. The fourth-order valence-electron chi connectivity index (χ4n) is 3.95. The lowest BCUT2D eigenvalue weighted by Gasteiger charge is -2.33. The molecule has 174 valence electrons. The summed E-state index contributed by atoms with van der Waals surface area (Å²) in [5, 5.41) is 15.4. The van der Waals surface area contributed by atoms with Gasteiger partial charge in [0.05, 0.1) is 13.1 Å². The molecule has 0 aliphatic carbocycles. The third kappa shape index (κ3) is 6.61. The average Bonchev–Trinajstić information content (AvgIpc) is 3.16. The quantitative estimate of drug-likeness (QED) is 0.428. The molecule has 2 heterocycles. The first-order valence-corrected chi connectivity index (χ1v) is 11.5. The second-order valence-electron chi connectivity index (χ2n) is 8.55. The van der Waals surface area contributed by atoms with E-state index < -0.39 is 0 Å². The van der Waals surface area contributed by atoms with Gasteiger partial charge in [-0.15, -0.1) is 10.2 Å². The minimum atomic E-state index is -0.187. The van der Waals surface area contributed by atoms with Gasteiger partial charge < -0.3 is 15.2 Å². The summed E-state index contributed by atoms with van der Waals surface area (Å²) in [7, 11) is 1.97. The fourth-order valence-corrected chi connectivity index (χ4v) is 3.95. The summed E-state index contributed by atoms with van der Waals surface area (Å²) in [6.45, 7) is 5.94. The summed E-state index contributed by atoms with van der Waals surface area (Å²) in [6, 6.07) is 17.4. The highest BCUT2D eigenvalue weighted by Crippen LogP contribution is 2.14. The van der Waals surface area contributed by atoms with E-state index in [1.54, 1.807) is 0 Å². The molecule has 2 N–H and O–H groups in total. The van der Waals surface area contributed by atoms with Gasteiger partial charge in [0, 0.05) is 32.7 Å². The Labute approximate surface area is 194 Å². The molecule has 0 saturated carbocycles. The average molecular weight is 450 g/mol. The maximum atomic E-state index is 13.2. The second kappa shape index (κ2) is 11.0. The van der Waals surface area contributed by atoms with Crippen LogP contribution in [0.2, 0.25) is 0 Å². The van der Waals surface area contributed by atoms with Crippen LogP contribution >= 0.6 is 0 Å². The lowest BCUT2D eigenvalue weighted by Crippen LogP contribution is -2.48. The van der Waals surface area contributed by atoms with Crippen molar-refractivity contribution in [3.8, 4) is 0 Å². The highest BCUT2D eigenvalue weighted by molar-refractivity contribution is 5.80. The van der Waals surface area contributed by atoms with Gasteiger partial charge in [0.1, 0.15) is 11.6 Å². The predicted molar refractivity (Wildman–Crippen MR) is 128 cm³/mol. The number of nitrogens with zero attached hydrogens (tertiary/aromatic N) is 5. The number of rotatable bonds is 7. The molecule has 1 aliphatic heterocycles. The summed E-state index contributed by atoms with van der Waals surface area (Å²) in [6.07, 6.45) is 2.05. The number of aromatic nitrogens is 3. The number of piperidine rings is 1. The Kier molecular flexibility index (Phi) is 7.67. The lowest BCUT2D eigenvalue weighted by molar-refractivity contribution is 0.198. The molecule has 8 heteroatoms. The topological polar surface area (TPSA) is 70.4 Å². The van der Waals surface area contributed by atoms with E-state index >= 15 is 0 Å². The van der Waals surface area contributed by atoms with Crippen molar-refractivity contribution in [2.75, 3.05) is 13.1 Å². The molecule has 0 unspecified atom stereocenters. The van der Waals surface area contributed by atoms with Gasteiger partial charge in [-0.05, 0) is 43.0 Å². The van der Waals surface area contributed by atoms with Crippen molar-refractivity contribution >= 4 is 5.96 Å². The third-order valence-electron chi connectivity index (χ3n) is 6.11. The van der Waals surface area contributed by atoms with Gasteiger partial charge in [-0.2, -0.15) is 0 Å². The van der Waals surface area contributed by atoms with Gasteiger partial charge in [-0.25, -0.2) is 9.38 Å². The Morgan fingerprint density at radius 2 is 1.76 bits per heavy atom. The molecular weight excluding hydrogens is 417 g/mol. The Morgan fingerprint density at radius 1 is 1.03 bits per heavy atom. The van der Waals surface area contributed by atoms with Crippen molar-refractivity contribution in [3.05, 3.63) is 83.2 Å². The second-order valence-corrected chi connectivity index (χ2v) is 8.55. The van der Waals surface area contributed by atoms with E-state index in [-0.39, 0.29) is 5.82 Å². The summed E-state index contributed by atoms with van der Waals surface area (Å²) >= 11 is 0. The van der Waals surface area contributed by atoms with Crippen molar-refractivity contribution in [2.24, 2.45) is 12.0 Å². The van der Waals surface area contributed by atoms with E-state index in [1.807, 2.05) is 48.9 Å². The SMILES string of the molecule is Cc1nnc(CNC(=NCc2ccccc2)NC2CCN(Cc3ccc(F)cc3)CC2)n1C. The number of aryl methyl sites for hydroxylation is 1. The molecule has 0 radical (unpaired) electrons. The number of likely N-dealkylation sites (tertiary alicyclic amines) is 1. The third-order valence-corrected chi connectivity index (χ3v) is 6.11. The van der Waals surface area contributed by atoms with Crippen molar-refractivity contribution in [2.45, 2.75) is 45.4 Å². The van der Waals surface area contributed by atoms with E-state index in [9.17, 15) is 4.39 Å². The van der Waals surface area contributed by atoms with Crippen molar-refractivity contribution in [1.82, 2.24) is 30.3 Å². The molecule has 1 saturated heterocycles. The summed E-state index contributed by atoms with van der Waals surface area (Å²) in [5.74, 6) is 2.36. The maximum absolute atomic E-state index is 13.2. The molecule has 1 aromatic heterocycles. The Balaban J connectivity index is 1.34. The maximum Gasteiger partial charge on any atom is 0.192 e. The summed E-state index contributed by atoms with van der Waals surface area (Å²) in [5.41, 5.74) is 2.32. The minimum Gasteiger partial charge on any atom is -0.354 e. The molecule has 0 spiro atoms. The largest absolute Gasteiger partial charge is 0.354 e. The van der Waals surface area contributed by atoms with Crippen molar-refractivity contribution < 1.29 is 4.39 Å².